The van der Waals surface area contributed by atoms with Crippen LogP contribution in [0.5, 0.6) is 0 Å². The van der Waals surface area contributed by atoms with Gasteiger partial charge in [-0.05, 0) is 35.2 Å². The topological polar surface area (TPSA) is 51.6 Å². The first kappa shape index (κ1) is 12.6. The Kier molecular flexibility index (Phi) is 3.32. The number of nitrogens with one attached hydrogen (secondary N) is 2. The van der Waals surface area contributed by atoms with Crippen molar-refractivity contribution < 1.29 is 0 Å². The van der Waals surface area contributed by atoms with Crippen LogP contribution < -0.4 is 5.32 Å². The van der Waals surface area contributed by atoms with Gasteiger partial charge in [0.05, 0.1) is 27.9 Å². The van der Waals surface area contributed by atoms with Crippen LogP contribution in [-0.4, -0.2) is 4.98 Å². The second kappa shape index (κ2) is 5.28. The Hall–Kier alpha value is -2.44. The third-order valence-electron chi connectivity index (χ3n) is 3.24. The van der Waals surface area contributed by atoms with Crippen molar-refractivity contribution in [2.24, 2.45) is 0 Å². The van der Waals surface area contributed by atoms with Gasteiger partial charge in [-0.15, -0.1) is 0 Å². The van der Waals surface area contributed by atoms with E-state index in [-0.39, 0.29) is 0 Å². The predicted octanol–water partition coefficient (Wildman–Crippen LogP) is 4.31. The highest BCUT2D eigenvalue weighted by atomic mass is 35.5. The summed E-state index contributed by atoms with van der Waals surface area (Å²) < 4.78 is 0. The summed E-state index contributed by atoms with van der Waals surface area (Å²) in [6.45, 7) is 0.670. The van der Waals surface area contributed by atoms with Gasteiger partial charge in [0.25, 0.3) is 0 Å². The SMILES string of the molecule is N#Cc1ccc(NCc2cccc3cc[nH]c23)c(Cl)c1. The van der Waals surface area contributed by atoms with Crippen LogP contribution in [0.25, 0.3) is 10.9 Å². The molecule has 1 heterocycles. The highest BCUT2D eigenvalue weighted by Crippen LogP contribution is 2.24. The average molecular weight is 282 g/mol. The van der Waals surface area contributed by atoms with E-state index in [9.17, 15) is 0 Å². The Morgan fingerprint density at radius 1 is 1.20 bits per heavy atom. The molecule has 0 saturated carbocycles. The van der Waals surface area contributed by atoms with Crippen LogP contribution >= 0.6 is 11.6 Å². The molecule has 20 heavy (non-hydrogen) atoms. The van der Waals surface area contributed by atoms with E-state index in [0.29, 0.717) is 17.1 Å². The normalized spacial score (nSPS) is 10.4. The highest BCUT2D eigenvalue weighted by molar-refractivity contribution is 6.33. The number of fused-ring (bicyclic) bond motifs is 1. The first-order valence-electron chi connectivity index (χ1n) is 6.26. The van der Waals surface area contributed by atoms with Crippen molar-refractivity contribution >= 4 is 28.2 Å². The van der Waals surface area contributed by atoms with E-state index >= 15 is 0 Å². The number of para-hydroxylation sites is 1. The van der Waals surface area contributed by atoms with Crippen LogP contribution in [0.2, 0.25) is 5.02 Å². The van der Waals surface area contributed by atoms with E-state index in [4.69, 9.17) is 16.9 Å². The molecule has 0 bridgehead atoms. The number of halogens is 1. The summed E-state index contributed by atoms with van der Waals surface area (Å²) in [4.78, 5) is 3.24. The van der Waals surface area contributed by atoms with Crippen molar-refractivity contribution in [1.29, 1.82) is 5.26 Å². The third kappa shape index (κ3) is 2.34. The summed E-state index contributed by atoms with van der Waals surface area (Å²) in [7, 11) is 0. The number of aromatic nitrogens is 1. The Balaban J connectivity index is 1.83. The van der Waals surface area contributed by atoms with E-state index in [2.05, 4.69) is 28.5 Å². The van der Waals surface area contributed by atoms with Gasteiger partial charge in [0.2, 0.25) is 0 Å². The lowest BCUT2D eigenvalue weighted by molar-refractivity contribution is 1.16. The molecular formula is C16H12ClN3. The van der Waals surface area contributed by atoms with E-state index in [1.807, 2.05) is 24.4 Å². The van der Waals surface area contributed by atoms with Crippen LogP contribution in [0.3, 0.4) is 0 Å². The second-order valence-electron chi connectivity index (χ2n) is 4.52. The molecule has 98 valence electrons. The summed E-state index contributed by atoms with van der Waals surface area (Å²) in [5.74, 6) is 0. The molecule has 0 saturated heterocycles. The molecule has 3 nitrogen and oxygen atoms in total. The molecule has 0 fully saturated rings. The van der Waals surface area contributed by atoms with Crippen LogP contribution in [-0.2, 0) is 6.54 Å². The Bertz CT molecular complexity index is 799. The molecule has 2 aromatic carbocycles. The molecular weight excluding hydrogens is 270 g/mol. The van der Waals surface area contributed by atoms with Gasteiger partial charge in [0.15, 0.2) is 0 Å². The zero-order valence-electron chi connectivity index (χ0n) is 10.7. The maximum absolute atomic E-state index is 8.82. The molecule has 0 spiro atoms. The molecule has 4 heteroatoms. The molecule has 1 aromatic heterocycles. The van der Waals surface area contributed by atoms with Crippen molar-refractivity contribution in [3.8, 4) is 6.07 Å². The van der Waals surface area contributed by atoms with E-state index in [1.165, 1.54) is 10.9 Å². The molecule has 0 radical (unpaired) electrons. The predicted molar refractivity (Wildman–Crippen MR) is 81.8 cm³/mol. The quantitative estimate of drug-likeness (QED) is 0.752. The zero-order valence-corrected chi connectivity index (χ0v) is 11.4. The maximum atomic E-state index is 8.82. The van der Waals surface area contributed by atoms with Gasteiger partial charge in [-0.1, -0.05) is 29.8 Å². The smallest absolute Gasteiger partial charge is 0.0992 e. The zero-order chi connectivity index (χ0) is 13.9. The lowest BCUT2D eigenvalue weighted by atomic mass is 10.1. The summed E-state index contributed by atoms with van der Waals surface area (Å²) in [6.07, 6.45) is 1.93. The summed E-state index contributed by atoms with van der Waals surface area (Å²) >= 11 is 6.15. The minimum absolute atomic E-state index is 0.558. The molecule has 2 N–H and O–H groups in total. The van der Waals surface area contributed by atoms with Gasteiger partial charge in [-0.2, -0.15) is 5.26 Å². The fourth-order valence-electron chi connectivity index (χ4n) is 2.22. The summed E-state index contributed by atoms with van der Waals surface area (Å²) in [6, 6.07) is 15.6. The number of anilines is 1. The number of rotatable bonds is 3. The minimum Gasteiger partial charge on any atom is -0.380 e. The molecule has 0 atom stereocenters. The number of nitrogens with zero attached hydrogens (tertiary/aromatic N) is 1. The number of aromatic amines is 1. The molecule has 3 aromatic rings. The first-order valence-corrected chi connectivity index (χ1v) is 6.64. The summed E-state index contributed by atoms with van der Waals surface area (Å²) in [5, 5.41) is 13.9. The van der Waals surface area contributed by atoms with Crippen LogP contribution in [0, 0.1) is 11.3 Å². The monoisotopic (exact) mass is 281 g/mol. The first-order chi connectivity index (χ1) is 9.78. The lowest BCUT2D eigenvalue weighted by Gasteiger charge is -2.09. The van der Waals surface area contributed by atoms with E-state index in [1.54, 1.807) is 12.1 Å². The van der Waals surface area contributed by atoms with Crippen LogP contribution in [0.1, 0.15) is 11.1 Å². The van der Waals surface area contributed by atoms with Crippen molar-refractivity contribution in [3.05, 3.63) is 64.8 Å². The van der Waals surface area contributed by atoms with Gasteiger partial charge < -0.3 is 10.3 Å². The molecule has 0 aliphatic carbocycles. The van der Waals surface area contributed by atoms with Crippen molar-refractivity contribution in [1.82, 2.24) is 4.98 Å². The number of H-pyrrole nitrogens is 1. The fourth-order valence-corrected chi connectivity index (χ4v) is 2.46. The lowest BCUT2D eigenvalue weighted by Crippen LogP contribution is -2.00. The Morgan fingerprint density at radius 2 is 2.10 bits per heavy atom. The number of benzene rings is 2. The summed E-state index contributed by atoms with van der Waals surface area (Å²) in [5.41, 5.74) is 3.69. The Morgan fingerprint density at radius 3 is 2.90 bits per heavy atom. The van der Waals surface area contributed by atoms with Gasteiger partial charge in [0.1, 0.15) is 0 Å². The van der Waals surface area contributed by atoms with Crippen molar-refractivity contribution in [3.63, 3.8) is 0 Å². The molecule has 0 unspecified atom stereocenters. The highest BCUT2D eigenvalue weighted by Gasteiger charge is 2.04. The number of hydrogen-bond donors (Lipinski definition) is 2. The minimum atomic E-state index is 0.558. The number of hydrogen-bond acceptors (Lipinski definition) is 2. The van der Waals surface area contributed by atoms with Crippen LogP contribution in [0.4, 0.5) is 5.69 Å². The fraction of sp³-hybridized carbons (Fsp3) is 0.0625. The van der Waals surface area contributed by atoms with Crippen molar-refractivity contribution in [2.75, 3.05) is 5.32 Å². The van der Waals surface area contributed by atoms with Crippen molar-refractivity contribution in [2.45, 2.75) is 6.54 Å². The molecule has 0 amide bonds. The Labute approximate surface area is 121 Å². The van der Waals surface area contributed by atoms with Gasteiger partial charge in [-0.3, -0.25) is 0 Å². The molecule has 3 rings (SSSR count). The largest absolute Gasteiger partial charge is 0.380 e. The molecule has 0 aliphatic heterocycles. The third-order valence-corrected chi connectivity index (χ3v) is 3.55. The maximum Gasteiger partial charge on any atom is 0.0992 e. The average Bonchev–Trinajstić information content (AvgIpc) is 2.95. The standard InChI is InChI=1S/C16H12ClN3/c17-14-8-11(9-18)4-5-15(14)20-10-13-3-1-2-12-6-7-19-16(12)13/h1-8,19-20H,10H2. The van der Waals surface area contributed by atoms with Gasteiger partial charge in [0, 0.05) is 12.7 Å². The van der Waals surface area contributed by atoms with E-state index in [0.717, 1.165) is 11.2 Å². The van der Waals surface area contributed by atoms with E-state index < -0.39 is 0 Å². The molecule has 0 aliphatic rings. The van der Waals surface area contributed by atoms with Gasteiger partial charge >= 0.3 is 0 Å². The second-order valence-corrected chi connectivity index (χ2v) is 4.93. The van der Waals surface area contributed by atoms with Gasteiger partial charge in [-0.25, -0.2) is 0 Å². The number of nitriles is 1. The van der Waals surface area contributed by atoms with Crippen LogP contribution in [0.15, 0.2) is 48.7 Å².